The van der Waals surface area contributed by atoms with Crippen molar-refractivity contribution in [1.82, 2.24) is 5.23 Å². The molecule has 12 heavy (non-hydrogen) atoms. The first-order chi connectivity index (χ1) is 5.56. The molecule has 0 aliphatic heterocycles. The van der Waals surface area contributed by atoms with Gasteiger partial charge in [0.2, 0.25) is 0 Å². The van der Waals surface area contributed by atoms with E-state index in [9.17, 15) is 9.59 Å². The van der Waals surface area contributed by atoms with E-state index < -0.39 is 11.9 Å². The summed E-state index contributed by atoms with van der Waals surface area (Å²) in [5.41, 5.74) is 0. The lowest BCUT2D eigenvalue weighted by Crippen LogP contribution is -2.29. The molecule has 5 nitrogen and oxygen atoms in total. The van der Waals surface area contributed by atoms with Crippen LogP contribution >= 0.6 is 0 Å². The predicted octanol–water partition coefficient (Wildman–Crippen LogP) is 0.655. The summed E-state index contributed by atoms with van der Waals surface area (Å²) in [7, 11) is 0. The first kappa shape index (κ1) is 10.9. The van der Waals surface area contributed by atoms with Crippen LogP contribution in [0.25, 0.3) is 0 Å². The van der Waals surface area contributed by atoms with Gasteiger partial charge in [0.25, 0.3) is 0 Å². The molecule has 0 unspecified atom stereocenters. The van der Waals surface area contributed by atoms with Gasteiger partial charge in [-0.3, -0.25) is 9.59 Å². The zero-order valence-corrected chi connectivity index (χ0v) is 7.49. The van der Waals surface area contributed by atoms with Crippen molar-refractivity contribution in [2.24, 2.45) is 0 Å². The van der Waals surface area contributed by atoms with E-state index in [-0.39, 0.29) is 0 Å². The molecule has 0 saturated carbocycles. The molecule has 0 fully saturated rings. The Balaban J connectivity index is 3.85. The van der Waals surface area contributed by atoms with E-state index in [1.165, 1.54) is 13.8 Å². The Morgan fingerprint density at radius 3 is 1.83 bits per heavy atom. The molecule has 0 atom stereocenters. The molecule has 0 amide bonds. The van der Waals surface area contributed by atoms with E-state index in [2.05, 4.69) is 9.68 Å². The lowest BCUT2D eigenvalue weighted by molar-refractivity contribution is -0.322. The minimum absolute atomic E-state index is 0.374. The molecule has 0 aliphatic rings. The molecule has 5 heteroatoms. The first-order valence-electron chi connectivity index (χ1n) is 3.70. The summed E-state index contributed by atoms with van der Waals surface area (Å²) in [6.45, 7) is 4.73. The fourth-order valence-electron chi connectivity index (χ4n) is 0.579. The summed E-state index contributed by atoms with van der Waals surface area (Å²) in [4.78, 5) is 30.0. The Morgan fingerprint density at radius 2 is 1.58 bits per heavy atom. The van der Waals surface area contributed by atoms with Crippen molar-refractivity contribution in [2.45, 2.75) is 27.2 Å². The molecule has 0 aromatic carbocycles. The van der Waals surface area contributed by atoms with Crippen LogP contribution in [0.1, 0.15) is 27.2 Å². The van der Waals surface area contributed by atoms with E-state index >= 15 is 0 Å². The fraction of sp³-hybridized carbons (Fsp3) is 0.714. The second kappa shape index (κ2) is 5.54. The first-order valence-corrected chi connectivity index (χ1v) is 3.70. The van der Waals surface area contributed by atoms with Crippen molar-refractivity contribution in [3.05, 3.63) is 0 Å². The van der Waals surface area contributed by atoms with Gasteiger partial charge >= 0.3 is 11.9 Å². The lowest BCUT2D eigenvalue weighted by atomic mass is 10.5. The normalized spacial score (nSPS) is 9.67. The van der Waals surface area contributed by atoms with Crippen molar-refractivity contribution in [1.29, 1.82) is 0 Å². The Labute approximate surface area is 71.1 Å². The van der Waals surface area contributed by atoms with E-state index in [4.69, 9.17) is 0 Å². The third kappa shape index (κ3) is 5.67. The van der Waals surface area contributed by atoms with Crippen molar-refractivity contribution < 1.29 is 19.3 Å². The molecule has 70 valence electrons. The molecule has 0 aromatic rings. The van der Waals surface area contributed by atoms with Crippen molar-refractivity contribution >= 4 is 11.9 Å². The Hall–Kier alpha value is -1.10. The molecular weight excluding hydrogens is 162 g/mol. The Morgan fingerprint density at radius 1 is 1.17 bits per heavy atom. The second-order valence-electron chi connectivity index (χ2n) is 2.22. The maximum Gasteiger partial charge on any atom is 0.326 e. The Kier molecular flexibility index (Phi) is 5.03. The van der Waals surface area contributed by atoms with E-state index in [1.807, 2.05) is 6.92 Å². The number of nitrogens with zero attached hydrogens (tertiary/aromatic N) is 1. The maximum absolute atomic E-state index is 10.5. The summed E-state index contributed by atoms with van der Waals surface area (Å²) in [6, 6.07) is 0. The zero-order valence-electron chi connectivity index (χ0n) is 7.49. The largest absolute Gasteiger partial charge is 0.333 e. The lowest BCUT2D eigenvalue weighted by Gasteiger charge is -2.16. The van der Waals surface area contributed by atoms with Crippen molar-refractivity contribution in [3.8, 4) is 0 Å². The summed E-state index contributed by atoms with van der Waals surface area (Å²) < 4.78 is 0. The smallest absolute Gasteiger partial charge is 0.326 e. The number of rotatable bonds is 4. The zero-order chi connectivity index (χ0) is 9.56. The van der Waals surface area contributed by atoms with Gasteiger partial charge < -0.3 is 9.68 Å². The summed E-state index contributed by atoms with van der Waals surface area (Å²) in [6.07, 6.45) is 0.723. The Bertz CT molecular complexity index is 153. The maximum atomic E-state index is 10.5. The van der Waals surface area contributed by atoms with Crippen LogP contribution in [-0.2, 0) is 19.3 Å². The van der Waals surface area contributed by atoms with Gasteiger partial charge in [-0.1, -0.05) is 6.92 Å². The summed E-state index contributed by atoms with van der Waals surface area (Å²) >= 11 is 0. The van der Waals surface area contributed by atoms with Gasteiger partial charge in [0.1, 0.15) is 0 Å². The molecule has 0 aromatic heterocycles. The molecule has 0 rings (SSSR count). The quantitative estimate of drug-likeness (QED) is 0.587. The molecule has 0 N–H and O–H groups in total. The molecule has 0 saturated heterocycles. The molecular formula is C7H13NO4. The predicted molar refractivity (Wildman–Crippen MR) is 40.5 cm³/mol. The third-order valence-corrected chi connectivity index (χ3v) is 0.867. The molecule has 0 bridgehead atoms. The number of hydrogen-bond acceptors (Lipinski definition) is 5. The van der Waals surface area contributed by atoms with Gasteiger partial charge in [0.05, 0.1) is 6.54 Å². The molecule has 0 radical (unpaired) electrons. The van der Waals surface area contributed by atoms with Gasteiger partial charge in [0, 0.05) is 19.1 Å². The van der Waals surface area contributed by atoms with Crippen molar-refractivity contribution in [2.75, 3.05) is 6.54 Å². The summed E-state index contributed by atoms with van der Waals surface area (Å²) in [5.74, 6) is -1.02. The number of hydroxylamine groups is 2. The highest BCUT2D eigenvalue weighted by atomic mass is 17.0. The number of hydrogen-bond donors (Lipinski definition) is 0. The average Bonchev–Trinajstić information content (AvgIpc) is 1.84. The van der Waals surface area contributed by atoms with Crippen LogP contribution < -0.4 is 0 Å². The number of carbonyl (C=O) groups excluding carboxylic acids is 2. The minimum atomic E-state index is -0.510. The van der Waals surface area contributed by atoms with Crippen LogP contribution in [0.4, 0.5) is 0 Å². The fourth-order valence-corrected chi connectivity index (χ4v) is 0.579. The van der Waals surface area contributed by atoms with Crippen molar-refractivity contribution in [3.63, 3.8) is 0 Å². The van der Waals surface area contributed by atoms with Crippen LogP contribution in [0.5, 0.6) is 0 Å². The van der Waals surface area contributed by atoms with Crippen LogP contribution in [-0.4, -0.2) is 23.7 Å². The minimum Gasteiger partial charge on any atom is -0.333 e. The highest BCUT2D eigenvalue weighted by Gasteiger charge is 2.10. The van der Waals surface area contributed by atoms with Crippen LogP contribution in [0.2, 0.25) is 0 Å². The van der Waals surface area contributed by atoms with Crippen LogP contribution in [0.3, 0.4) is 0 Å². The van der Waals surface area contributed by atoms with Gasteiger partial charge in [-0.25, -0.2) is 0 Å². The molecule has 0 spiro atoms. The van der Waals surface area contributed by atoms with E-state index in [0.29, 0.717) is 6.54 Å². The van der Waals surface area contributed by atoms with Gasteiger partial charge in [-0.15, -0.1) is 0 Å². The standard InChI is InChI=1S/C7H13NO4/c1-4-5-8(11-6(2)9)12-7(3)10/h4-5H2,1-3H3. The van der Waals surface area contributed by atoms with Gasteiger partial charge in [-0.2, -0.15) is 0 Å². The van der Waals surface area contributed by atoms with E-state index in [0.717, 1.165) is 11.6 Å². The van der Waals surface area contributed by atoms with Crippen LogP contribution in [0.15, 0.2) is 0 Å². The SMILES string of the molecule is CCCN(OC(C)=O)OC(C)=O. The highest BCUT2D eigenvalue weighted by Crippen LogP contribution is 1.95. The molecule has 0 aliphatic carbocycles. The topological polar surface area (TPSA) is 55.8 Å². The van der Waals surface area contributed by atoms with Crippen LogP contribution in [0, 0.1) is 0 Å². The monoisotopic (exact) mass is 175 g/mol. The third-order valence-electron chi connectivity index (χ3n) is 0.867. The van der Waals surface area contributed by atoms with E-state index in [1.54, 1.807) is 0 Å². The number of carbonyl (C=O) groups is 2. The van der Waals surface area contributed by atoms with Gasteiger partial charge in [-0.05, 0) is 6.42 Å². The van der Waals surface area contributed by atoms with Gasteiger partial charge in [0.15, 0.2) is 0 Å². The highest BCUT2D eigenvalue weighted by molar-refractivity contribution is 5.67. The molecule has 0 heterocycles. The summed E-state index contributed by atoms with van der Waals surface area (Å²) in [5, 5.41) is 0.880. The average molecular weight is 175 g/mol. The second-order valence-corrected chi connectivity index (χ2v) is 2.22.